The molecular weight excluding hydrogens is 463 g/mol. The van der Waals surface area contributed by atoms with E-state index in [0.29, 0.717) is 50.6 Å². The first-order valence-corrected chi connectivity index (χ1v) is 11.3. The third-order valence-electron chi connectivity index (χ3n) is 6.53. The van der Waals surface area contributed by atoms with E-state index in [-0.39, 0.29) is 13.1 Å². The van der Waals surface area contributed by atoms with Crippen molar-refractivity contribution in [1.82, 2.24) is 9.80 Å². The zero-order valence-electron chi connectivity index (χ0n) is 18.7. The Morgan fingerprint density at radius 3 is 2.30 bits per heavy atom. The van der Waals surface area contributed by atoms with Gasteiger partial charge in [-0.2, -0.15) is 13.2 Å². The number of benzene rings is 1. The summed E-state index contributed by atoms with van der Waals surface area (Å²) in [6.07, 6.45) is -6.62. The fraction of sp³-hybridized carbons (Fsp3) is 0.636. The summed E-state index contributed by atoms with van der Waals surface area (Å²) >= 11 is 6.24. The number of amides is 1. The van der Waals surface area contributed by atoms with Gasteiger partial charge >= 0.3 is 18.2 Å². The van der Waals surface area contributed by atoms with E-state index in [1.54, 1.807) is 13.0 Å². The lowest BCUT2D eigenvalue weighted by atomic mass is 9.80. The summed E-state index contributed by atoms with van der Waals surface area (Å²) in [5, 5.41) is 10.1. The fourth-order valence-corrected chi connectivity index (χ4v) is 4.21. The maximum absolute atomic E-state index is 12.6. The van der Waals surface area contributed by atoms with Crippen molar-refractivity contribution in [3.63, 3.8) is 0 Å². The number of hydrogen-bond donors (Lipinski definition) is 1. The maximum atomic E-state index is 12.6. The van der Waals surface area contributed by atoms with E-state index in [2.05, 4.69) is 14.5 Å². The van der Waals surface area contributed by atoms with Crippen LogP contribution in [-0.2, 0) is 16.1 Å². The van der Waals surface area contributed by atoms with Crippen molar-refractivity contribution in [2.45, 2.75) is 45.5 Å². The minimum atomic E-state index is -4.58. The third kappa shape index (κ3) is 6.23. The van der Waals surface area contributed by atoms with Gasteiger partial charge in [0.05, 0.1) is 5.41 Å². The molecule has 2 fully saturated rings. The van der Waals surface area contributed by atoms with E-state index >= 15 is 0 Å². The molecule has 184 valence electrons. The first-order valence-electron chi connectivity index (χ1n) is 10.9. The largest absolute Gasteiger partial charge is 0.481 e. The summed E-state index contributed by atoms with van der Waals surface area (Å²) in [4.78, 5) is 29.1. The second kappa shape index (κ2) is 9.97. The number of nitrogens with zero attached hydrogens (tertiary/aromatic N) is 3. The quantitative estimate of drug-likeness (QED) is 0.664. The maximum Gasteiger partial charge on any atom is 0.425 e. The van der Waals surface area contributed by atoms with Crippen molar-refractivity contribution in [3.8, 4) is 0 Å². The molecule has 1 aromatic rings. The van der Waals surface area contributed by atoms with E-state index in [9.17, 15) is 27.9 Å². The van der Waals surface area contributed by atoms with Crippen LogP contribution < -0.4 is 4.90 Å². The van der Waals surface area contributed by atoms with Crippen LogP contribution in [0, 0.1) is 5.41 Å². The Morgan fingerprint density at radius 2 is 1.76 bits per heavy atom. The Labute approximate surface area is 196 Å². The normalized spacial score (nSPS) is 20.4. The van der Waals surface area contributed by atoms with Crippen LogP contribution >= 0.6 is 11.6 Å². The summed E-state index contributed by atoms with van der Waals surface area (Å²) in [5.41, 5.74) is 1.25. The van der Waals surface area contributed by atoms with Gasteiger partial charge in [0.15, 0.2) is 6.10 Å². The number of rotatable bonds is 5. The minimum Gasteiger partial charge on any atom is -0.481 e. The van der Waals surface area contributed by atoms with E-state index in [0.717, 1.165) is 18.2 Å². The summed E-state index contributed by atoms with van der Waals surface area (Å²) in [6.45, 7) is 5.91. The number of carbonyl (C=O) groups is 2. The SMILES string of the molecule is CC(OC(=O)N1CCN(Cc2ccc(Cl)cc2N2CCC(C)(C(=O)O)CC2)CC1)C(F)(F)F. The van der Waals surface area contributed by atoms with Gasteiger partial charge in [-0.05, 0) is 44.4 Å². The Balaban J connectivity index is 1.59. The highest BCUT2D eigenvalue weighted by molar-refractivity contribution is 6.30. The number of hydrogen-bond acceptors (Lipinski definition) is 5. The Bertz CT molecular complexity index is 867. The van der Waals surface area contributed by atoms with Gasteiger partial charge in [0.1, 0.15) is 0 Å². The molecule has 1 aromatic carbocycles. The standard InChI is InChI=1S/C22H29ClF3N3O4/c1-15(22(24,25)26)33-20(32)29-11-9-27(10-12-29)14-16-3-4-17(23)13-18(16)28-7-5-21(2,6-8-28)19(30)31/h3-4,13,15H,5-12,14H2,1-2H3,(H,30,31). The smallest absolute Gasteiger partial charge is 0.425 e. The Kier molecular flexibility index (Phi) is 7.68. The molecule has 11 heteroatoms. The van der Waals surface area contributed by atoms with Crippen LogP contribution in [0.3, 0.4) is 0 Å². The number of aliphatic carboxylic acids is 1. The summed E-state index contributed by atoms with van der Waals surface area (Å²) < 4.78 is 42.4. The molecule has 33 heavy (non-hydrogen) atoms. The topological polar surface area (TPSA) is 73.3 Å². The average Bonchev–Trinajstić information content (AvgIpc) is 2.75. The van der Waals surface area contributed by atoms with Crippen LogP contribution in [0.5, 0.6) is 0 Å². The second-order valence-corrected chi connectivity index (χ2v) is 9.39. The number of piperazine rings is 1. The van der Waals surface area contributed by atoms with E-state index in [4.69, 9.17) is 11.6 Å². The van der Waals surface area contributed by atoms with Crippen molar-refractivity contribution in [2.24, 2.45) is 5.41 Å². The van der Waals surface area contributed by atoms with E-state index in [1.807, 2.05) is 12.1 Å². The summed E-state index contributed by atoms with van der Waals surface area (Å²) in [6, 6.07) is 5.62. The summed E-state index contributed by atoms with van der Waals surface area (Å²) in [5.74, 6) is -0.783. The molecular formula is C22H29ClF3N3O4. The molecule has 2 heterocycles. The van der Waals surface area contributed by atoms with Gasteiger partial charge in [0.2, 0.25) is 0 Å². The lowest BCUT2D eigenvalue weighted by Gasteiger charge is -2.39. The highest BCUT2D eigenvalue weighted by Gasteiger charge is 2.40. The number of alkyl halides is 3. The first-order chi connectivity index (χ1) is 15.4. The van der Waals surface area contributed by atoms with Gasteiger partial charge in [0, 0.05) is 56.5 Å². The van der Waals surface area contributed by atoms with E-state index < -0.39 is 29.8 Å². The molecule has 0 aromatic heterocycles. The van der Waals surface area contributed by atoms with Crippen molar-refractivity contribution in [2.75, 3.05) is 44.2 Å². The molecule has 0 bridgehead atoms. The van der Waals surface area contributed by atoms with Crippen molar-refractivity contribution in [1.29, 1.82) is 0 Å². The Hall–Kier alpha value is -2.20. The number of carbonyl (C=O) groups excluding carboxylic acids is 1. The number of piperidine rings is 1. The van der Waals surface area contributed by atoms with Gasteiger partial charge in [-0.25, -0.2) is 4.79 Å². The van der Waals surface area contributed by atoms with Crippen molar-refractivity contribution in [3.05, 3.63) is 28.8 Å². The highest BCUT2D eigenvalue weighted by Crippen LogP contribution is 2.35. The predicted octanol–water partition coefficient (Wildman–Crippen LogP) is 4.24. The van der Waals surface area contributed by atoms with Crippen LogP contribution in [0.1, 0.15) is 32.3 Å². The molecule has 2 aliphatic heterocycles. The van der Waals surface area contributed by atoms with Gasteiger partial charge in [-0.1, -0.05) is 17.7 Å². The van der Waals surface area contributed by atoms with Gasteiger partial charge in [-0.3, -0.25) is 9.69 Å². The number of carboxylic acids is 1. The summed E-state index contributed by atoms with van der Waals surface area (Å²) in [7, 11) is 0. The van der Waals surface area contributed by atoms with Crippen LogP contribution in [0.25, 0.3) is 0 Å². The Morgan fingerprint density at radius 1 is 1.15 bits per heavy atom. The predicted molar refractivity (Wildman–Crippen MR) is 117 cm³/mol. The molecule has 3 rings (SSSR count). The monoisotopic (exact) mass is 491 g/mol. The average molecular weight is 492 g/mol. The molecule has 0 saturated carbocycles. The van der Waals surface area contributed by atoms with Crippen LogP contribution in [0.2, 0.25) is 5.02 Å². The molecule has 2 saturated heterocycles. The molecule has 0 spiro atoms. The van der Waals surface area contributed by atoms with Crippen LogP contribution in [0.4, 0.5) is 23.7 Å². The number of ether oxygens (including phenoxy) is 1. The van der Waals surface area contributed by atoms with Gasteiger partial charge < -0.3 is 19.6 Å². The third-order valence-corrected chi connectivity index (χ3v) is 6.77. The molecule has 0 aliphatic carbocycles. The van der Waals surface area contributed by atoms with Gasteiger partial charge in [0.25, 0.3) is 0 Å². The lowest BCUT2D eigenvalue weighted by molar-refractivity contribution is -0.200. The zero-order chi connectivity index (χ0) is 24.4. The lowest BCUT2D eigenvalue weighted by Crippen LogP contribution is -2.49. The number of halogens is 4. The minimum absolute atomic E-state index is 0.271. The molecule has 2 aliphatic rings. The van der Waals surface area contributed by atoms with Gasteiger partial charge in [-0.15, -0.1) is 0 Å². The van der Waals surface area contributed by atoms with Crippen molar-refractivity contribution < 1.29 is 32.6 Å². The molecule has 1 N–H and O–H groups in total. The number of carboxylic acid groups (broad SMARTS) is 1. The molecule has 0 radical (unpaired) electrons. The molecule has 1 atom stereocenters. The van der Waals surface area contributed by atoms with Crippen molar-refractivity contribution >= 4 is 29.4 Å². The highest BCUT2D eigenvalue weighted by atomic mass is 35.5. The molecule has 1 unspecified atom stereocenters. The van der Waals surface area contributed by atoms with Crippen LogP contribution in [0.15, 0.2) is 18.2 Å². The molecule has 1 amide bonds. The fourth-order valence-electron chi connectivity index (χ4n) is 4.04. The first kappa shape index (κ1) is 25.4. The number of anilines is 1. The van der Waals surface area contributed by atoms with Crippen LogP contribution in [-0.4, -0.2) is 78.5 Å². The molecule has 7 nitrogen and oxygen atoms in total. The zero-order valence-corrected chi connectivity index (χ0v) is 19.5. The van der Waals surface area contributed by atoms with E-state index in [1.165, 1.54) is 4.90 Å². The second-order valence-electron chi connectivity index (χ2n) is 8.96.